The summed E-state index contributed by atoms with van der Waals surface area (Å²) in [5.41, 5.74) is 0. The molecule has 2 atom stereocenters. The van der Waals surface area contributed by atoms with E-state index in [0.29, 0.717) is 5.92 Å². The molecule has 0 aromatic carbocycles. The van der Waals surface area contributed by atoms with Crippen LogP contribution in [0.2, 0.25) is 0 Å². The van der Waals surface area contributed by atoms with E-state index in [4.69, 9.17) is 0 Å². The molecule has 4 heteroatoms. The molecule has 0 bridgehead atoms. The molecule has 0 aromatic rings. The molecule has 0 spiro atoms. The van der Waals surface area contributed by atoms with Crippen LogP contribution in [0.5, 0.6) is 0 Å². The van der Waals surface area contributed by atoms with Crippen molar-refractivity contribution in [2.24, 2.45) is 11.8 Å². The van der Waals surface area contributed by atoms with Crippen LogP contribution in [-0.4, -0.2) is 10.6 Å². The fraction of sp³-hybridized carbons (Fsp3) is 1.00. The van der Waals surface area contributed by atoms with E-state index in [1.165, 1.54) is 0 Å². The highest BCUT2D eigenvalue weighted by atomic mass is 127. The second-order valence-electron chi connectivity index (χ2n) is 4.20. The quantitative estimate of drug-likeness (QED) is 0.528. The second kappa shape index (κ2) is 5.56. The first-order chi connectivity index (χ1) is 6.51. The molecule has 1 aliphatic rings. The summed E-state index contributed by atoms with van der Waals surface area (Å²) in [5.74, 6) is 0.449. The zero-order valence-corrected chi connectivity index (χ0v) is 10.3. The van der Waals surface area contributed by atoms with Gasteiger partial charge < -0.3 is 0 Å². The van der Waals surface area contributed by atoms with Gasteiger partial charge in [0.2, 0.25) is 0 Å². The van der Waals surface area contributed by atoms with E-state index in [1.807, 2.05) is 0 Å². The van der Waals surface area contributed by atoms with E-state index in [0.717, 1.165) is 36.5 Å². The molecule has 0 amide bonds. The van der Waals surface area contributed by atoms with Crippen LogP contribution in [0.4, 0.5) is 13.2 Å². The van der Waals surface area contributed by atoms with Crippen LogP contribution in [0, 0.1) is 11.8 Å². The number of halogens is 4. The van der Waals surface area contributed by atoms with Crippen LogP contribution in [-0.2, 0) is 0 Å². The summed E-state index contributed by atoms with van der Waals surface area (Å²) in [6, 6.07) is 0. The third-order valence-corrected chi connectivity index (χ3v) is 3.55. The molecule has 1 rings (SSSR count). The SMILES string of the molecule is FC(F)(F)CC1CCCC(CCI)C1. The van der Waals surface area contributed by atoms with Crippen molar-refractivity contribution < 1.29 is 13.2 Å². The average molecular weight is 320 g/mol. The van der Waals surface area contributed by atoms with E-state index in [1.54, 1.807) is 0 Å². The van der Waals surface area contributed by atoms with Crippen LogP contribution in [0.3, 0.4) is 0 Å². The standard InChI is InChI=1S/C10H16F3I/c11-10(12,13)7-9-3-1-2-8(6-9)4-5-14/h8-9H,1-7H2. The first kappa shape index (κ1) is 12.6. The molecular weight excluding hydrogens is 304 g/mol. The van der Waals surface area contributed by atoms with Crippen molar-refractivity contribution in [3.05, 3.63) is 0 Å². The molecule has 0 aromatic heterocycles. The average Bonchev–Trinajstić information content (AvgIpc) is 2.02. The lowest BCUT2D eigenvalue weighted by molar-refractivity contribution is -0.147. The van der Waals surface area contributed by atoms with Gasteiger partial charge in [-0.2, -0.15) is 13.2 Å². The number of rotatable bonds is 3. The Labute approximate surface area is 96.8 Å². The van der Waals surface area contributed by atoms with E-state index < -0.39 is 12.6 Å². The summed E-state index contributed by atoms with van der Waals surface area (Å²) in [6.45, 7) is 0. The highest BCUT2D eigenvalue weighted by molar-refractivity contribution is 14.1. The predicted molar refractivity (Wildman–Crippen MR) is 59.6 cm³/mol. The lowest BCUT2D eigenvalue weighted by atomic mass is 9.79. The zero-order chi connectivity index (χ0) is 10.6. The predicted octanol–water partition coefficient (Wildman–Crippen LogP) is 4.57. The largest absolute Gasteiger partial charge is 0.389 e. The molecule has 1 aliphatic carbocycles. The number of alkyl halides is 4. The number of hydrogen-bond donors (Lipinski definition) is 0. The first-order valence-corrected chi connectivity index (χ1v) is 6.66. The molecule has 84 valence electrons. The van der Waals surface area contributed by atoms with E-state index in [2.05, 4.69) is 22.6 Å². The van der Waals surface area contributed by atoms with Gasteiger partial charge in [-0.25, -0.2) is 0 Å². The summed E-state index contributed by atoms with van der Waals surface area (Å²) in [6.07, 6.45) is 0.260. The third-order valence-electron chi connectivity index (χ3n) is 2.93. The van der Waals surface area contributed by atoms with Gasteiger partial charge in [0.1, 0.15) is 0 Å². The van der Waals surface area contributed by atoms with Gasteiger partial charge in [0.05, 0.1) is 0 Å². The summed E-state index contributed by atoms with van der Waals surface area (Å²) in [4.78, 5) is 0. The maximum absolute atomic E-state index is 12.2. The molecule has 0 N–H and O–H groups in total. The van der Waals surface area contributed by atoms with Crippen molar-refractivity contribution in [1.82, 2.24) is 0 Å². The van der Waals surface area contributed by atoms with Gasteiger partial charge in [0.15, 0.2) is 0 Å². The Bertz CT molecular complexity index is 165. The maximum Gasteiger partial charge on any atom is 0.389 e. The molecular formula is C10H16F3I. The summed E-state index contributed by atoms with van der Waals surface area (Å²) in [5, 5.41) is 0. The minimum atomic E-state index is -3.96. The Morgan fingerprint density at radius 2 is 1.79 bits per heavy atom. The van der Waals surface area contributed by atoms with E-state index in [9.17, 15) is 13.2 Å². The lowest BCUT2D eigenvalue weighted by Crippen LogP contribution is -2.22. The van der Waals surface area contributed by atoms with Crippen LogP contribution >= 0.6 is 22.6 Å². The monoisotopic (exact) mass is 320 g/mol. The van der Waals surface area contributed by atoms with Gasteiger partial charge >= 0.3 is 6.18 Å². The smallest absolute Gasteiger partial charge is 0.171 e. The van der Waals surface area contributed by atoms with Gasteiger partial charge in [-0.3, -0.25) is 0 Å². The van der Waals surface area contributed by atoms with Crippen LogP contribution in [0.1, 0.15) is 38.5 Å². The summed E-state index contributed by atoms with van der Waals surface area (Å²) >= 11 is 2.30. The Hall–Kier alpha value is 0.520. The summed E-state index contributed by atoms with van der Waals surface area (Å²) in [7, 11) is 0. The van der Waals surface area contributed by atoms with Crippen LogP contribution in [0.25, 0.3) is 0 Å². The Balaban J connectivity index is 2.32. The lowest BCUT2D eigenvalue weighted by Gasteiger charge is -2.29. The van der Waals surface area contributed by atoms with Gasteiger partial charge in [-0.05, 0) is 29.1 Å². The maximum atomic E-state index is 12.2. The fourth-order valence-electron chi connectivity index (χ4n) is 2.33. The molecule has 0 aliphatic heterocycles. The second-order valence-corrected chi connectivity index (χ2v) is 5.27. The molecule has 0 saturated heterocycles. The normalized spacial score (nSPS) is 29.1. The highest BCUT2D eigenvalue weighted by Crippen LogP contribution is 2.37. The minimum Gasteiger partial charge on any atom is -0.171 e. The number of hydrogen-bond acceptors (Lipinski definition) is 0. The van der Waals surface area contributed by atoms with Crippen molar-refractivity contribution in [2.75, 3.05) is 4.43 Å². The molecule has 2 unspecified atom stereocenters. The van der Waals surface area contributed by atoms with Crippen molar-refractivity contribution in [2.45, 2.75) is 44.7 Å². The molecule has 0 radical (unpaired) electrons. The van der Waals surface area contributed by atoms with Gasteiger partial charge in [-0.1, -0.05) is 41.9 Å². The van der Waals surface area contributed by atoms with Crippen molar-refractivity contribution in [1.29, 1.82) is 0 Å². The van der Waals surface area contributed by atoms with Gasteiger partial charge in [0, 0.05) is 6.42 Å². The van der Waals surface area contributed by atoms with Crippen molar-refractivity contribution in [3.8, 4) is 0 Å². The van der Waals surface area contributed by atoms with Gasteiger partial charge in [0.25, 0.3) is 0 Å². The van der Waals surface area contributed by atoms with Crippen LogP contribution < -0.4 is 0 Å². The van der Waals surface area contributed by atoms with Crippen LogP contribution in [0.15, 0.2) is 0 Å². The zero-order valence-electron chi connectivity index (χ0n) is 8.12. The minimum absolute atomic E-state index is 0.100. The Morgan fingerprint density at radius 3 is 2.36 bits per heavy atom. The van der Waals surface area contributed by atoms with E-state index in [-0.39, 0.29) is 5.92 Å². The molecule has 1 saturated carbocycles. The Kier molecular flexibility index (Phi) is 5.00. The van der Waals surface area contributed by atoms with Crippen molar-refractivity contribution in [3.63, 3.8) is 0 Å². The molecule has 0 heterocycles. The summed E-state index contributed by atoms with van der Waals surface area (Å²) < 4.78 is 37.5. The van der Waals surface area contributed by atoms with E-state index >= 15 is 0 Å². The molecule has 1 fully saturated rings. The fourth-order valence-corrected chi connectivity index (χ4v) is 3.21. The van der Waals surface area contributed by atoms with Crippen molar-refractivity contribution >= 4 is 22.6 Å². The molecule has 0 nitrogen and oxygen atoms in total. The first-order valence-electron chi connectivity index (χ1n) is 5.14. The Morgan fingerprint density at radius 1 is 1.14 bits per heavy atom. The molecule has 14 heavy (non-hydrogen) atoms. The highest BCUT2D eigenvalue weighted by Gasteiger charge is 2.34. The third kappa shape index (κ3) is 4.84. The van der Waals surface area contributed by atoms with Gasteiger partial charge in [-0.15, -0.1) is 0 Å². The topological polar surface area (TPSA) is 0 Å².